The zero-order valence-electron chi connectivity index (χ0n) is 22.0. The Morgan fingerprint density at radius 3 is 2.16 bits per heavy atom. The van der Waals surface area contributed by atoms with Crippen LogP contribution in [0.5, 0.6) is 5.75 Å². The highest BCUT2D eigenvalue weighted by Crippen LogP contribution is 2.34. The van der Waals surface area contributed by atoms with Crippen molar-refractivity contribution in [2.75, 3.05) is 19.7 Å². The summed E-state index contributed by atoms with van der Waals surface area (Å²) in [5, 5.41) is 3.18. The molecular formula is C27H34N2O7S. The van der Waals surface area contributed by atoms with E-state index in [4.69, 9.17) is 14.2 Å². The summed E-state index contributed by atoms with van der Waals surface area (Å²) in [5.74, 6) is 0.0168. The number of sulfone groups is 1. The van der Waals surface area contributed by atoms with Crippen molar-refractivity contribution in [3.8, 4) is 5.75 Å². The van der Waals surface area contributed by atoms with Crippen molar-refractivity contribution in [1.29, 1.82) is 0 Å². The highest BCUT2D eigenvalue weighted by molar-refractivity contribution is 7.91. The van der Waals surface area contributed by atoms with Gasteiger partial charge in [0.15, 0.2) is 5.03 Å². The Balaban J connectivity index is 1.91. The monoisotopic (exact) mass is 530 g/mol. The summed E-state index contributed by atoms with van der Waals surface area (Å²) < 4.78 is 44.8. The number of hydrogen-bond acceptors (Lipinski definition) is 8. The third-order valence-electron chi connectivity index (χ3n) is 4.90. The molecule has 3 rings (SSSR count). The first-order valence-electron chi connectivity index (χ1n) is 11.9. The summed E-state index contributed by atoms with van der Waals surface area (Å²) in [6, 6.07) is 14.3. The maximum atomic E-state index is 13.5. The van der Waals surface area contributed by atoms with Crippen molar-refractivity contribution in [2.24, 2.45) is 0 Å². The molecule has 3 aromatic rings. The zero-order chi connectivity index (χ0) is 27.4. The van der Waals surface area contributed by atoms with Crippen LogP contribution in [-0.4, -0.2) is 55.9 Å². The van der Waals surface area contributed by atoms with Crippen molar-refractivity contribution in [2.45, 2.75) is 62.7 Å². The third kappa shape index (κ3) is 7.33. The van der Waals surface area contributed by atoms with E-state index in [1.807, 2.05) is 0 Å². The molecule has 1 N–H and O–H groups in total. The van der Waals surface area contributed by atoms with E-state index >= 15 is 0 Å². The molecule has 0 atom stereocenters. The maximum Gasteiger partial charge on any atom is 0.420 e. The molecule has 0 saturated carbocycles. The van der Waals surface area contributed by atoms with Gasteiger partial charge in [0, 0.05) is 11.9 Å². The van der Waals surface area contributed by atoms with Gasteiger partial charge in [0.2, 0.25) is 9.84 Å². The highest BCUT2D eigenvalue weighted by atomic mass is 32.2. The van der Waals surface area contributed by atoms with Crippen molar-refractivity contribution in [1.82, 2.24) is 9.88 Å². The molecule has 0 radical (unpaired) electrons. The second-order valence-corrected chi connectivity index (χ2v) is 12.3. The summed E-state index contributed by atoms with van der Waals surface area (Å²) in [6.07, 6.45) is -0.812. The van der Waals surface area contributed by atoms with Crippen molar-refractivity contribution < 1.29 is 32.2 Å². The van der Waals surface area contributed by atoms with Gasteiger partial charge in [-0.05, 0) is 71.9 Å². The summed E-state index contributed by atoms with van der Waals surface area (Å²) in [7, 11) is -4.06. The number of esters is 1. The van der Waals surface area contributed by atoms with E-state index in [0.717, 1.165) is 4.57 Å². The molecule has 37 heavy (non-hydrogen) atoms. The molecule has 0 unspecified atom stereocenters. The normalized spacial score (nSPS) is 12.4. The summed E-state index contributed by atoms with van der Waals surface area (Å²) in [4.78, 5) is 25.1. The molecule has 0 aliphatic heterocycles. The lowest BCUT2D eigenvalue weighted by Crippen LogP contribution is -2.33. The lowest BCUT2D eigenvalue weighted by atomic mass is 10.2. The van der Waals surface area contributed by atoms with Crippen molar-refractivity contribution >= 4 is 32.8 Å². The van der Waals surface area contributed by atoms with Gasteiger partial charge in [-0.15, -0.1) is 0 Å². The van der Waals surface area contributed by atoms with Crippen molar-refractivity contribution in [3.63, 3.8) is 0 Å². The first kappa shape index (κ1) is 28.2. The topological polar surface area (TPSA) is 113 Å². The van der Waals surface area contributed by atoms with Crippen LogP contribution in [0.15, 0.2) is 64.5 Å². The van der Waals surface area contributed by atoms with E-state index in [-0.39, 0.29) is 29.0 Å². The first-order chi connectivity index (χ1) is 17.2. The van der Waals surface area contributed by atoms with Gasteiger partial charge in [-0.2, -0.15) is 0 Å². The SMILES string of the molecule is CC(C)(C)OC(=O)CNCCOc1cccc2c1cc(S(=O)(=O)c1ccccc1)n2C(=O)OC(C)(C)C. The van der Waals surface area contributed by atoms with Crippen LogP contribution in [0.3, 0.4) is 0 Å². The largest absolute Gasteiger partial charge is 0.492 e. The van der Waals surface area contributed by atoms with Crippen LogP contribution >= 0.6 is 0 Å². The Hall–Kier alpha value is -3.37. The Morgan fingerprint density at radius 1 is 0.892 bits per heavy atom. The summed E-state index contributed by atoms with van der Waals surface area (Å²) >= 11 is 0. The van der Waals surface area contributed by atoms with Crippen LogP contribution in [0.25, 0.3) is 10.9 Å². The smallest absolute Gasteiger partial charge is 0.420 e. The molecule has 0 amide bonds. The molecule has 10 heteroatoms. The van der Waals surface area contributed by atoms with Crippen LogP contribution in [0.4, 0.5) is 4.79 Å². The minimum absolute atomic E-state index is 0.0271. The number of carbonyl (C=O) groups excluding carboxylic acids is 2. The molecule has 0 aliphatic rings. The molecule has 1 heterocycles. The van der Waals surface area contributed by atoms with E-state index < -0.39 is 27.1 Å². The highest BCUT2D eigenvalue weighted by Gasteiger charge is 2.30. The van der Waals surface area contributed by atoms with Gasteiger partial charge >= 0.3 is 12.1 Å². The first-order valence-corrected chi connectivity index (χ1v) is 13.4. The standard InChI is InChI=1S/C27H34N2O7S/c1-26(2,3)35-24(30)18-28-15-16-34-22-14-10-13-21-20(22)17-23(29(21)25(31)36-27(4,5)6)37(32,33)19-11-8-7-9-12-19/h7-14,17,28H,15-16,18H2,1-6H3. The zero-order valence-corrected chi connectivity index (χ0v) is 22.8. The Morgan fingerprint density at radius 2 is 1.54 bits per heavy atom. The second-order valence-electron chi connectivity index (χ2n) is 10.4. The average Bonchev–Trinajstić information content (AvgIpc) is 3.18. The fourth-order valence-electron chi connectivity index (χ4n) is 3.52. The number of fused-ring (bicyclic) bond motifs is 1. The van der Waals surface area contributed by atoms with Gasteiger partial charge in [0.1, 0.15) is 23.6 Å². The van der Waals surface area contributed by atoms with Gasteiger partial charge < -0.3 is 19.5 Å². The van der Waals surface area contributed by atoms with Crippen LogP contribution in [-0.2, 0) is 24.1 Å². The van der Waals surface area contributed by atoms with E-state index in [0.29, 0.717) is 23.2 Å². The summed E-state index contributed by atoms with van der Waals surface area (Å²) in [6.45, 7) is 11.1. The average molecular weight is 531 g/mol. The van der Waals surface area contributed by atoms with Crippen molar-refractivity contribution in [3.05, 3.63) is 54.6 Å². The van der Waals surface area contributed by atoms with Gasteiger partial charge in [-0.1, -0.05) is 24.3 Å². The van der Waals surface area contributed by atoms with Gasteiger partial charge in [-0.3, -0.25) is 4.79 Å². The summed E-state index contributed by atoms with van der Waals surface area (Å²) in [5.41, 5.74) is -1.07. The molecule has 9 nitrogen and oxygen atoms in total. The number of hydrogen-bond donors (Lipinski definition) is 1. The fourth-order valence-corrected chi connectivity index (χ4v) is 4.96. The third-order valence-corrected chi connectivity index (χ3v) is 6.65. The number of ether oxygens (including phenoxy) is 3. The number of nitrogens with one attached hydrogen (secondary N) is 1. The number of carbonyl (C=O) groups is 2. The van der Waals surface area contributed by atoms with Crippen LogP contribution in [0.1, 0.15) is 41.5 Å². The molecule has 0 bridgehead atoms. The molecular weight excluding hydrogens is 496 g/mol. The maximum absolute atomic E-state index is 13.5. The van der Waals surface area contributed by atoms with E-state index in [9.17, 15) is 18.0 Å². The Kier molecular flexibility index (Phi) is 8.34. The van der Waals surface area contributed by atoms with E-state index in [2.05, 4.69) is 5.32 Å². The minimum Gasteiger partial charge on any atom is -0.492 e. The van der Waals surface area contributed by atoms with E-state index in [1.165, 1.54) is 18.2 Å². The molecule has 1 aromatic heterocycles. The Labute approximate surface area is 217 Å². The van der Waals surface area contributed by atoms with Gasteiger partial charge in [-0.25, -0.2) is 17.8 Å². The lowest BCUT2D eigenvalue weighted by Gasteiger charge is -2.21. The quantitative estimate of drug-likeness (QED) is 0.333. The number of aromatic nitrogens is 1. The minimum atomic E-state index is -4.06. The fraction of sp³-hybridized carbons (Fsp3) is 0.407. The number of rotatable bonds is 8. The molecule has 0 fully saturated rings. The van der Waals surface area contributed by atoms with Crippen LogP contribution < -0.4 is 10.1 Å². The predicted octanol–water partition coefficient (Wildman–Crippen LogP) is 4.57. The predicted molar refractivity (Wildman–Crippen MR) is 140 cm³/mol. The molecule has 200 valence electrons. The lowest BCUT2D eigenvalue weighted by molar-refractivity contribution is -0.153. The molecule has 0 saturated heterocycles. The van der Waals surface area contributed by atoms with Crippen LogP contribution in [0.2, 0.25) is 0 Å². The van der Waals surface area contributed by atoms with Gasteiger partial charge in [0.05, 0.1) is 17.0 Å². The van der Waals surface area contributed by atoms with Gasteiger partial charge in [0.25, 0.3) is 0 Å². The molecule has 0 spiro atoms. The van der Waals surface area contributed by atoms with Crippen LogP contribution in [0, 0.1) is 0 Å². The number of benzene rings is 2. The number of nitrogens with zero attached hydrogens (tertiary/aromatic N) is 1. The Bertz CT molecular complexity index is 1370. The molecule has 2 aromatic carbocycles. The van der Waals surface area contributed by atoms with E-state index in [1.54, 1.807) is 77.9 Å². The molecule has 0 aliphatic carbocycles. The second kappa shape index (κ2) is 10.9.